The third-order valence-corrected chi connectivity index (χ3v) is 4.83. The van der Waals surface area contributed by atoms with Gasteiger partial charge in [0.1, 0.15) is 16.5 Å². The minimum Gasteiger partial charge on any atom is -0.497 e. The Balaban J connectivity index is 1.97. The maximum atomic E-state index is 12.5. The highest BCUT2D eigenvalue weighted by molar-refractivity contribution is 7.13. The highest BCUT2D eigenvalue weighted by Gasteiger charge is 2.18. The molecule has 28 heavy (non-hydrogen) atoms. The van der Waals surface area contributed by atoms with Gasteiger partial charge in [-0.25, -0.2) is 9.78 Å². The molecule has 0 fully saturated rings. The third kappa shape index (κ3) is 6.53. The van der Waals surface area contributed by atoms with Crippen LogP contribution in [0.1, 0.15) is 37.7 Å². The molecule has 2 N–H and O–H groups in total. The monoisotopic (exact) mass is 405 g/mol. The van der Waals surface area contributed by atoms with E-state index in [0.29, 0.717) is 24.8 Å². The van der Waals surface area contributed by atoms with Crippen LogP contribution < -0.4 is 15.4 Å². The van der Waals surface area contributed by atoms with Crippen molar-refractivity contribution < 1.29 is 19.1 Å². The Bertz CT molecular complexity index is 774. The van der Waals surface area contributed by atoms with Gasteiger partial charge in [-0.2, -0.15) is 0 Å². The predicted molar refractivity (Wildman–Crippen MR) is 110 cm³/mol. The van der Waals surface area contributed by atoms with Crippen LogP contribution in [0.25, 0.3) is 10.6 Å². The molecule has 1 aromatic carbocycles. The van der Waals surface area contributed by atoms with Gasteiger partial charge in [0.25, 0.3) is 5.91 Å². The Morgan fingerprint density at radius 1 is 1.21 bits per heavy atom. The summed E-state index contributed by atoms with van der Waals surface area (Å²) in [5, 5.41) is 8.13. The molecule has 0 aliphatic carbocycles. The lowest BCUT2D eigenvalue weighted by Gasteiger charge is -2.20. The van der Waals surface area contributed by atoms with Gasteiger partial charge in [-0.3, -0.25) is 4.79 Å². The molecule has 0 saturated carbocycles. The van der Waals surface area contributed by atoms with Gasteiger partial charge in [-0.15, -0.1) is 11.3 Å². The van der Waals surface area contributed by atoms with Crippen LogP contribution in [0.15, 0.2) is 29.6 Å². The standard InChI is InChI=1S/C20H27N3O4S/c1-5-27-20(25)22-15(10-13(2)3)11-21-18(24)17-12-28-19(23-17)14-6-8-16(26-4)9-7-14/h6-9,12-13,15H,5,10-11H2,1-4H3,(H,21,24)(H,22,25). The Kier molecular flexibility index (Phi) is 8.25. The summed E-state index contributed by atoms with van der Waals surface area (Å²) in [7, 11) is 1.62. The van der Waals surface area contributed by atoms with Crippen molar-refractivity contribution in [3.63, 3.8) is 0 Å². The molecule has 0 aliphatic heterocycles. The van der Waals surface area contributed by atoms with Crippen molar-refractivity contribution in [3.8, 4) is 16.3 Å². The first-order valence-electron chi connectivity index (χ1n) is 9.24. The zero-order chi connectivity index (χ0) is 20.5. The van der Waals surface area contributed by atoms with Crippen LogP contribution in [0.3, 0.4) is 0 Å². The molecule has 1 heterocycles. The van der Waals surface area contributed by atoms with Crippen molar-refractivity contribution >= 4 is 23.3 Å². The molecular weight excluding hydrogens is 378 g/mol. The summed E-state index contributed by atoms with van der Waals surface area (Å²) < 4.78 is 10.1. The van der Waals surface area contributed by atoms with Crippen LogP contribution in [0.2, 0.25) is 0 Å². The first kappa shape index (κ1) is 21.7. The van der Waals surface area contributed by atoms with Gasteiger partial charge in [0.2, 0.25) is 0 Å². The van der Waals surface area contributed by atoms with E-state index in [1.165, 1.54) is 11.3 Å². The van der Waals surface area contributed by atoms with Crippen LogP contribution in [-0.4, -0.2) is 43.3 Å². The largest absolute Gasteiger partial charge is 0.497 e. The summed E-state index contributed by atoms with van der Waals surface area (Å²) in [5.41, 5.74) is 1.28. The fourth-order valence-electron chi connectivity index (χ4n) is 2.65. The van der Waals surface area contributed by atoms with Gasteiger partial charge in [0.15, 0.2) is 0 Å². The molecule has 2 rings (SSSR count). The molecule has 0 bridgehead atoms. The lowest BCUT2D eigenvalue weighted by molar-refractivity contribution is 0.0940. The van der Waals surface area contributed by atoms with Crippen molar-refractivity contribution in [3.05, 3.63) is 35.3 Å². The summed E-state index contributed by atoms with van der Waals surface area (Å²) >= 11 is 1.40. The zero-order valence-corrected chi connectivity index (χ0v) is 17.5. The summed E-state index contributed by atoms with van der Waals surface area (Å²) in [6.45, 7) is 6.48. The number of rotatable bonds is 9. The molecule has 2 aromatic rings. The SMILES string of the molecule is CCOC(=O)NC(CNC(=O)c1csc(-c2ccc(OC)cc2)n1)CC(C)C. The van der Waals surface area contributed by atoms with Gasteiger partial charge in [-0.1, -0.05) is 13.8 Å². The average molecular weight is 406 g/mol. The van der Waals surface area contributed by atoms with E-state index in [-0.39, 0.29) is 11.9 Å². The molecule has 0 spiro atoms. The number of amides is 2. The smallest absolute Gasteiger partial charge is 0.407 e. The number of nitrogens with zero attached hydrogens (tertiary/aromatic N) is 1. The summed E-state index contributed by atoms with van der Waals surface area (Å²) in [6, 6.07) is 7.31. The number of hydrogen-bond donors (Lipinski definition) is 2. The molecule has 1 aromatic heterocycles. The van der Waals surface area contributed by atoms with Gasteiger partial charge >= 0.3 is 6.09 Å². The number of benzene rings is 1. The molecule has 1 unspecified atom stereocenters. The van der Waals surface area contributed by atoms with E-state index in [0.717, 1.165) is 22.7 Å². The fourth-order valence-corrected chi connectivity index (χ4v) is 3.46. The third-order valence-electron chi connectivity index (χ3n) is 3.94. The second-order valence-electron chi connectivity index (χ2n) is 6.67. The minimum absolute atomic E-state index is 0.206. The van der Waals surface area contributed by atoms with E-state index in [4.69, 9.17) is 9.47 Å². The molecule has 0 radical (unpaired) electrons. The molecule has 8 heteroatoms. The average Bonchev–Trinajstić information content (AvgIpc) is 3.16. The second kappa shape index (κ2) is 10.7. The van der Waals surface area contributed by atoms with E-state index in [1.54, 1.807) is 19.4 Å². The first-order valence-corrected chi connectivity index (χ1v) is 10.1. The maximum absolute atomic E-state index is 12.5. The highest BCUT2D eigenvalue weighted by atomic mass is 32.1. The minimum atomic E-state index is -0.474. The van der Waals surface area contributed by atoms with E-state index in [9.17, 15) is 9.59 Å². The molecular formula is C20H27N3O4S. The number of carbonyl (C=O) groups excluding carboxylic acids is 2. The molecule has 1 atom stereocenters. The van der Waals surface area contributed by atoms with Crippen molar-refractivity contribution in [2.45, 2.75) is 33.2 Å². The molecule has 0 saturated heterocycles. The quantitative estimate of drug-likeness (QED) is 0.664. The first-order chi connectivity index (χ1) is 13.4. The highest BCUT2D eigenvalue weighted by Crippen LogP contribution is 2.25. The van der Waals surface area contributed by atoms with E-state index < -0.39 is 6.09 Å². The van der Waals surface area contributed by atoms with Crippen LogP contribution in [0.4, 0.5) is 4.79 Å². The zero-order valence-electron chi connectivity index (χ0n) is 16.7. The maximum Gasteiger partial charge on any atom is 0.407 e. The lowest BCUT2D eigenvalue weighted by Crippen LogP contribution is -2.44. The number of aromatic nitrogens is 1. The number of hydrogen-bond acceptors (Lipinski definition) is 6. The van der Waals surface area contributed by atoms with E-state index >= 15 is 0 Å². The Morgan fingerprint density at radius 3 is 2.54 bits per heavy atom. The fraction of sp³-hybridized carbons (Fsp3) is 0.450. The Hall–Kier alpha value is -2.61. The van der Waals surface area contributed by atoms with Crippen LogP contribution in [0.5, 0.6) is 5.75 Å². The van der Waals surface area contributed by atoms with Gasteiger partial charge in [0.05, 0.1) is 13.7 Å². The summed E-state index contributed by atoms with van der Waals surface area (Å²) in [5.74, 6) is 0.865. The van der Waals surface area contributed by atoms with Gasteiger partial charge in [-0.05, 0) is 43.5 Å². The second-order valence-corrected chi connectivity index (χ2v) is 7.53. The van der Waals surface area contributed by atoms with Gasteiger partial charge < -0.3 is 20.1 Å². The molecule has 2 amide bonds. The predicted octanol–water partition coefficient (Wildman–Crippen LogP) is 3.71. The number of methoxy groups -OCH3 is 1. The molecule has 152 valence electrons. The lowest BCUT2D eigenvalue weighted by atomic mass is 10.0. The van der Waals surface area contributed by atoms with Gasteiger partial charge in [0, 0.05) is 23.5 Å². The number of ether oxygens (including phenoxy) is 2. The number of carbonyl (C=O) groups is 2. The van der Waals surface area contributed by atoms with Crippen molar-refractivity contribution in [2.24, 2.45) is 5.92 Å². The van der Waals surface area contributed by atoms with Crippen molar-refractivity contribution in [1.82, 2.24) is 15.6 Å². The Morgan fingerprint density at radius 2 is 1.93 bits per heavy atom. The van der Waals surface area contributed by atoms with Crippen molar-refractivity contribution in [2.75, 3.05) is 20.3 Å². The molecule has 0 aliphatic rings. The molecule has 7 nitrogen and oxygen atoms in total. The van der Waals surface area contributed by atoms with E-state index in [2.05, 4.69) is 29.5 Å². The number of nitrogens with one attached hydrogen (secondary N) is 2. The van der Waals surface area contributed by atoms with Crippen LogP contribution in [-0.2, 0) is 4.74 Å². The van der Waals surface area contributed by atoms with Crippen LogP contribution in [0, 0.1) is 5.92 Å². The van der Waals surface area contributed by atoms with Crippen molar-refractivity contribution in [1.29, 1.82) is 0 Å². The summed E-state index contributed by atoms with van der Waals surface area (Å²) in [4.78, 5) is 28.6. The topological polar surface area (TPSA) is 89.6 Å². The Labute approximate surface area is 169 Å². The summed E-state index contributed by atoms with van der Waals surface area (Å²) in [6.07, 6.45) is 0.255. The van der Waals surface area contributed by atoms with Crippen LogP contribution >= 0.6 is 11.3 Å². The number of alkyl carbamates (subject to hydrolysis) is 1. The van der Waals surface area contributed by atoms with E-state index in [1.807, 2.05) is 24.3 Å². The number of thiazole rings is 1. The normalized spacial score (nSPS) is 11.8.